The zero-order chi connectivity index (χ0) is 30.8. The Balaban J connectivity index is 1.11. The molecule has 2 aromatic heterocycles. The number of benzene rings is 2. The summed E-state index contributed by atoms with van der Waals surface area (Å²) in [5.41, 5.74) is 0.306. The minimum Gasteiger partial charge on any atom is -0.484 e. The maximum Gasteiger partial charge on any atom is 0.338 e. The third kappa shape index (κ3) is 6.17. The van der Waals surface area contributed by atoms with Gasteiger partial charge in [-0.25, -0.2) is 23.5 Å². The van der Waals surface area contributed by atoms with E-state index in [0.29, 0.717) is 62.1 Å². The number of aromatic carboxylic acids is 1. The number of imidazole rings is 1. The Kier molecular flexibility index (Phi) is 8.36. The van der Waals surface area contributed by atoms with Crippen molar-refractivity contribution in [2.24, 2.45) is 0 Å². The molecule has 4 aromatic rings. The van der Waals surface area contributed by atoms with E-state index in [-0.39, 0.29) is 47.2 Å². The first-order chi connectivity index (χ1) is 21.3. The predicted octanol–water partition coefficient (Wildman–Crippen LogP) is 4.47. The fourth-order valence-corrected chi connectivity index (χ4v) is 5.59. The van der Waals surface area contributed by atoms with Crippen LogP contribution in [0.15, 0.2) is 42.6 Å². The zero-order valence-electron chi connectivity index (χ0n) is 23.9. The summed E-state index contributed by atoms with van der Waals surface area (Å²) in [4.78, 5) is 27.2. The molecular weight excluding hydrogens is 574 g/mol. The highest BCUT2D eigenvalue weighted by Gasteiger charge is 2.30. The fraction of sp³-hybridized carbons (Fsp3) is 0.387. The van der Waals surface area contributed by atoms with Crippen molar-refractivity contribution in [2.75, 3.05) is 13.2 Å². The molecule has 1 N–H and O–H groups in total. The van der Waals surface area contributed by atoms with Crippen LogP contribution in [0.4, 0.5) is 8.78 Å². The molecule has 6 rings (SSSR count). The molecule has 0 radical (unpaired) electrons. The van der Waals surface area contributed by atoms with E-state index in [1.165, 1.54) is 18.2 Å². The topological polar surface area (TPSA) is 136 Å². The lowest BCUT2D eigenvalue weighted by Gasteiger charge is -2.37. The summed E-state index contributed by atoms with van der Waals surface area (Å²) in [6.45, 7) is 4.28. The van der Waals surface area contributed by atoms with Crippen LogP contribution in [0.2, 0.25) is 0 Å². The number of hydrogen-bond donors (Lipinski definition) is 1. The number of nitriles is 1. The summed E-state index contributed by atoms with van der Waals surface area (Å²) >= 11 is 0. The molecule has 11 nitrogen and oxygen atoms in total. The van der Waals surface area contributed by atoms with Crippen molar-refractivity contribution in [3.05, 3.63) is 77.0 Å². The van der Waals surface area contributed by atoms with Crippen molar-refractivity contribution in [3.8, 4) is 17.7 Å². The van der Waals surface area contributed by atoms with E-state index in [0.717, 1.165) is 12.5 Å². The molecule has 4 heterocycles. The van der Waals surface area contributed by atoms with Gasteiger partial charge >= 0.3 is 5.97 Å². The molecule has 2 fully saturated rings. The van der Waals surface area contributed by atoms with Gasteiger partial charge in [0, 0.05) is 31.5 Å². The van der Waals surface area contributed by atoms with E-state index in [1.54, 1.807) is 22.9 Å². The van der Waals surface area contributed by atoms with Gasteiger partial charge < -0.3 is 23.9 Å². The van der Waals surface area contributed by atoms with Gasteiger partial charge in [0.05, 0.1) is 35.8 Å². The van der Waals surface area contributed by atoms with Gasteiger partial charge in [0.1, 0.15) is 41.7 Å². The summed E-state index contributed by atoms with van der Waals surface area (Å²) in [7, 11) is 0. The third-order valence-corrected chi connectivity index (χ3v) is 8.03. The number of carboxylic acid groups (broad SMARTS) is 1. The molecule has 3 atom stereocenters. The molecule has 0 aliphatic carbocycles. The number of carboxylic acids is 1. The van der Waals surface area contributed by atoms with Crippen molar-refractivity contribution >= 4 is 17.0 Å². The number of likely N-dealkylation sites (tertiary alicyclic amines) is 1. The Labute approximate surface area is 251 Å². The number of nitrogens with zero attached hydrogens (tertiary/aromatic N) is 6. The smallest absolute Gasteiger partial charge is 0.338 e. The Bertz CT molecular complexity index is 1740. The summed E-state index contributed by atoms with van der Waals surface area (Å²) in [6.07, 6.45) is 3.67. The van der Waals surface area contributed by atoms with Crippen LogP contribution in [0, 0.1) is 23.0 Å². The van der Waals surface area contributed by atoms with Crippen molar-refractivity contribution in [1.29, 1.82) is 5.26 Å². The molecule has 0 amide bonds. The monoisotopic (exact) mass is 604 g/mol. The average molecular weight is 605 g/mol. The standard InChI is InChI=1S/C31H30F2N6O5/c1-18-12-21(44-28-6-9-35-26(37-28)17-43-25-5-2-20(32)13-19(25)14-34)7-10-38(18)16-27-36-24-4-3-23(31(40)41)29(33)30(24)39(27)15-22-8-11-42-22/h2-6,9,13,18,21-22H,7-8,10-12,15-17H2,1H3,(H,40,41)/t18-,21-,22-/m0/s1. The molecule has 0 spiro atoms. The fourth-order valence-electron chi connectivity index (χ4n) is 5.59. The Morgan fingerprint density at radius 3 is 2.77 bits per heavy atom. The molecule has 2 aliphatic heterocycles. The van der Waals surface area contributed by atoms with E-state index in [2.05, 4.69) is 21.8 Å². The molecule has 13 heteroatoms. The van der Waals surface area contributed by atoms with Gasteiger partial charge in [0.2, 0.25) is 5.88 Å². The van der Waals surface area contributed by atoms with Crippen molar-refractivity contribution in [2.45, 2.75) is 64.1 Å². The van der Waals surface area contributed by atoms with Crippen molar-refractivity contribution in [3.63, 3.8) is 0 Å². The molecule has 228 valence electrons. The quantitative estimate of drug-likeness (QED) is 0.276. The van der Waals surface area contributed by atoms with Crippen LogP contribution < -0.4 is 9.47 Å². The van der Waals surface area contributed by atoms with Crippen molar-refractivity contribution in [1.82, 2.24) is 24.4 Å². The summed E-state index contributed by atoms with van der Waals surface area (Å²) in [5.74, 6) is -0.978. The normalized spacial score (nSPS) is 20.2. The number of piperidine rings is 1. The number of halogens is 2. The lowest BCUT2D eigenvalue weighted by molar-refractivity contribution is -0.0594. The number of fused-ring (bicyclic) bond motifs is 1. The molecule has 2 aromatic carbocycles. The van der Waals surface area contributed by atoms with Crippen LogP contribution in [-0.2, 0) is 24.4 Å². The number of ether oxygens (including phenoxy) is 3. The molecule has 2 saturated heterocycles. The summed E-state index contributed by atoms with van der Waals surface area (Å²) in [5, 5.41) is 18.7. The van der Waals surface area contributed by atoms with E-state index in [4.69, 9.17) is 19.2 Å². The number of aromatic nitrogens is 4. The van der Waals surface area contributed by atoms with Gasteiger partial charge in [-0.3, -0.25) is 4.90 Å². The van der Waals surface area contributed by atoms with Crippen molar-refractivity contribution < 1.29 is 32.9 Å². The number of rotatable bonds is 10. The summed E-state index contributed by atoms with van der Waals surface area (Å²) in [6, 6.07) is 10.2. The SMILES string of the molecule is C[C@H]1C[C@@H](Oc2ccnc(COc3ccc(F)cc3C#N)n2)CCN1Cc1nc2ccc(C(=O)O)c(F)c2n1C[C@@H]1CCO1. The van der Waals surface area contributed by atoms with Gasteiger partial charge in [0.15, 0.2) is 11.6 Å². The number of carbonyl (C=O) groups is 1. The highest BCUT2D eigenvalue weighted by Crippen LogP contribution is 2.29. The Hall–Kier alpha value is -4.67. The first kappa shape index (κ1) is 29.4. The molecular formula is C31H30F2N6O5. The maximum atomic E-state index is 15.3. The van der Waals surface area contributed by atoms with Gasteiger partial charge in [-0.1, -0.05) is 0 Å². The number of hydrogen-bond acceptors (Lipinski definition) is 9. The van der Waals surface area contributed by atoms with Crippen LogP contribution in [0.25, 0.3) is 11.0 Å². The first-order valence-corrected chi connectivity index (χ1v) is 14.4. The third-order valence-electron chi connectivity index (χ3n) is 8.03. The van der Waals surface area contributed by atoms with E-state index < -0.39 is 17.6 Å². The minimum absolute atomic E-state index is 0.0200. The predicted molar refractivity (Wildman–Crippen MR) is 152 cm³/mol. The largest absolute Gasteiger partial charge is 0.484 e. The van der Waals surface area contributed by atoms with Gasteiger partial charge in [-0.05, 0) is 56.5 Å². The van der Waals surface area contributed by atoms with Gasteiger partial charge in [-0.2, -0.15) is 10.2 Å². The lowest BCUT2D eigenvalue weighted by Crippen LogP contribution is -2.44. The van der Waals surface area contributed by atoms with E-state index in [9.17, 15) is 19.6 Å². The van der Waals surface area contributed by atoms with Crippen LogP contribution in [0.3, 0.4) is 0 Å². The molecule has 44 heavy (non-hydrogen) atoms. The zero-order valence-corrected chi connectivity index (χ0v) is 23.9. The molecule has 0 bridgehead atoms. The van der Waals surface area contributed by atoms with Crippen LogP contribution >= 0.6 is 0 Å². The highest BCUT2D eigenvalue weighted by molar-refractivity contribution is 5.93. The van der Waals surface area contributed by atoms with Gasteiger partial charge in [0.25, 0.3) is 0 Å². The second kappa shape index (κ2) is 12.5. The molecule has 0 saturated carbocycles. The van der Waals surface area contributed by atoms with Crippen LogP contribution in [0.1, 0.15) is 53.8 Å². The average Bonchev–Trinajstić information content (AvgIpc) is 3.33. The van der Waals surface area contributed by atoms with Crippen LogP contribution in [-0.4, -0.2) is 66.9 Å². The second-order valence-corrected chi connectivity index (χ2v) is 11.0. The highest BCUT2D eigenvalue weighted by atomic mass is 19.1. The second-order valence-electron chi connectivity index (χ2n) is 11.0. The molecule has 2 aliphatic rings. The molecule has 0 unspecified atom stereocenters. The minimum atomic E-state index is -1.32. The summed E-state index contributed by atoms with van der Waals surface area (Å²) < 4.78 is 48.0. The Morgan fingerprint density at radius 2 is 2.05 bits per heavy atom. The first-order valence-electron chi connectivity index (χ1n) is 14.4. The van der Waals surface area contributed by atoms with Crippen LogP contribution in [0.5, 0.6) is 11.6 Å². The van der Waals surface area contributed by atoms with E-state index >= 15 is 4.39 Å². The maximum absolute atomic E-state index is 15.3. The van der Waals surface area contributed by atoms with E-state index in [1.807, 2.05) is 6.07 Å². The van der Waals surface area contributed by atoms with Gasteiger partial charge in [-0.15, -0.1) is 0 Å². The lowest BCUT2D eigenvalue weighted by atomic mass is 10.0. The Morgan fingerprint density at radius 1 is 1.20 bits per heavy atom.